The van der Waals surface area contributed by atoms with E-state index < -0.39 is 23.7 Å². The van der Waals surface area contributed by atoms with Crippen LogP contribution in [0.1, 0.15) is 66.7 Å². The zero-order valence-electron chi connectivity index (χ0n) is 23.3. The van der Waals surface area contributed by atoms with Gasteiger partial charge in [0.2, 0.25) is 11.8 Å². The summed E-state index contributed by atoms with van der Waals surface area (Å²) in [4.78, 5) is 40.0. The van der Waals surface area contributed by atoms with E-state index in [1.165, 1.54) is 7.05 Å². The number of nitrogens with one attached hydrogen (secondary N) is 2. The van der Waals surface area contributed by atoms with Crippen molar-refractivity contribution in [2.75, 3.05) is 25.0 Å². The van der Waals surface area contributed by atoms with Gasteiger partial charge in [-0.05, 0) is 42.7 Å². The van der Waals surface area contributed by atoms with Gasteiger partial charge in [-0.25, -0.2) is 0 Å². The van der Waals surface area contributed by atoms with Gasteiger partial charge in [0.1, 0.15) is 5.75 Å². The molecule has 2 rings (SSSR count). The van der Waals surface area contributed by atoms with Gasteiger partial charge in [-0.15, -0.1) is 0 Å². The molecule has 0 aliphatic carbocycles. The smallest absolute Gasteiger partial charge is 0.262 e. The minimum atomic E-state index is -0.875. The number of rotatable bonds is 13. The Morgan fingerprint density at radius 2 is 1.92 bits per heavy atom. The molecule has 1 heterocycles. The summed E-state index contributed by atoms with van der Waals surface area (Å²) in [5.74, 6) is -0.290. The Hall–Kier alpha value is -2.65. The number of amides is 3. The topological polar surface area (TPSA) is 134 Å². The SMILES string of the molecule is CCCCNC(=O)[C@@H](C[C@H](O)[C@@H](N)CC(C)(C)CC(=O)N1C[C@H](C(=O)NC)Oc2ccccc21)C(C)C. The van der Waals surface area contributed by atoms with Gasteiger partial charge in [0.25, 0.3) is 5.91 Å². The molecule has 0 fully saturated rings. The molecule has 1 aliphatic rings. The zero-order valence-corrected chi connectivity index (χ0v) is 23.3. The molecule has 1 aromatic rings. The first-order valence-corrected chi connectivity index (χ1v) is 13.4. The van der Waals surface area contributed by atoms with Gasteiger partial charge < -0.3 is 31.1 Å². The highest BCUT2D eigenvalue weighted by atomic mass is 16.5. The summed E-state index contributed by atoms with van der Waals surface area (Å²) in [6.45, 7) is 10.6. The number of likely N-dealkylation sites (N-methyl/N-ethyl adjacent to an activating group) is 1. The molecule has 1 aliphatic heterocycles. The van der Waals surface area contributed by atoms with Crippen LogP contribution in [0.5, 0.6) is 5.75 Å². The van der Waals surface area contributed by atoms with Gasteiger partial charge >= 0.3 is 0 Å². The highest BCUT2D eigenvalue weighted by Gasteiger charge is 2.37. The average molecular weight is 519 g/mol. The van der Waals surface area contributed by atoms with E-state index >= 15 is 0 Å². The van der Waals surface area contributed by atoms with E-state index in [0.29, 0.717) is 24.4 Å². The van der Waals surface area contributed by atoms with E-state index in [4.69, 9.17) is 10.5 Å². The maximum absolute atomic E-state index is 13.4. The average Bonchev–Trinajstić information content (AvgIpc) is 2.84. The molecule has 0 radical (unpaired) electrons. The summed E-state index contributed by atoms with van der Waals surface area (Å²) in [6.07, 6.45) is 1.08. The van der Waals surface area contributed by atoms with Gasteiger partial charge in [0, 0.05) is 32.0 Å². The summed E-state index contributed by atoms with van der Waals surface area (Å²) in [6, 6.07) is 6.57. The number of carbonyl (C=O) groups is 3. The van der Waals surface area contributed by atoms with E-state index in [-0.39, 0.29) is 48.9 Å². The van der Waals surface area contributed by atoms with E-state index in [9.17, 15) is 19.5 Å². The number of hydrogen-bond acceptors (Lipinski definition) is 6. The summed E-state index contributed by atoms with van der Waals surface area (Å²) in [5, 5.41) is 16.4. The van der Waals surface area contributed by atoms with Crippen molar-refractivity contribution >= 4 is 23.4 Å². The molecule has 9 heteroatoms. The molecule has 1 aromatic carbocycles. The maximum atomic E-state index is 13.4. The molecule has 0 saturated carbocycles. The van der Waals surface area contributed by atoms with Crippen LogP contribution in [0.3, 0.4) is 0 Å². The van der Waals surface area contributed by atoms with Crippen LogP contribution in [0, 0.1) is 17.3 Å². The number of nitrogens with two attached hydrogens (primary N) is 1. The Labute approximate surface area is 221 Å². The van der Waals surface area contributed by atoms with Crippen LogP contribution >= 0.6 is 0 Å². The lowest BCUT2D eigenvalue weighted by atomic mass is 9.78. The number of nitrogens with zero attached hydrogens (tertiary/aromatic N) is 1. The lowest BCUT2D eigenvalue weighted by molar-refractivity contribution is -0.128. The van der Waals surface area contributed by atoms with Crippen molar-refractivity contribution in [2.45, 2.75) is 85.0 Å². The molecule has 5 N–H and O–H groups in total. The van der Waals surface area contributed by atoms with Gasteiger partial charge in [-0.3, -0.25) is 14.4 Å². The van der Waals surface area contributed by atoms with Crippen molar-refractivity contribution in [3.8, 4) is 5.75 Å². The second-order valence-electron chi connectivity index (χ2n) is 11.2. The Morgan fingerprint density at radius 3 is 2.54 bits per heavy atom. The van der Waals surface area contributed by atoms with Crippen molar-refractivity contribution in [2.24, 2.45) is 23.0 Å². The summed E-state index contributed by atoms with van der Waals surface area (Å²) < 4.78 is 5.81. The first-order valence-electron chi connectivity index (χ1n) is 13.4. The van der Waals surface area contributed by atoms with Crippen molar-refractivity contribution < 1.29 is 24.2 Å². The fourth-order valence-corrected chi connectivity index (χ4v) is 4.76. The Kier molecular flexibility index (Phi) is 11.4. The van der Waals surface area contributed by atoms with Crippen LogP contribution in [0.2, 0.25) is 0 Å². The quantitative estimate of drug-likeness (QED) is 0.297. The van der Waals surface area contributed by atoms with Crippen molar-refractivity contribution in [3.05, 3.63) is 24.3 Å². The summed E-state index contributed by atoms with van der Waals surface area (Å²) in [5.41, 5.74) is 6.51. The summed E-state index contributed by atoms with van der Waals surface area (Å²) in [7, 11) is 1.53. The minimum absolute atomic E-state index is 0.0548. The molecule has 0 unspecified atom stereocenters. The first kappa shape index (κ1) is 30.6. The second-order valence-corrected chi connectivity index (χ2v) is 11.2. The van der Waals surface area contributed by atoms with Crippen LogP contribution in [0.15, 0.2) is 24.3 Å². The number of carbonyl (C=O) groups excluding carboxylic acids is 3. The normalized spacial score (nSPS) is 17.9. The lowest BCUT2D eigenvalue weighted by Crippen LogP contribution is -2.51. The molecule has 3 amide bonds. The van der Waals surface area contributed by atoms with Crippen LogP contribution in [0.25, 0.3) is 0 Å². The van der Waals surface area contributed by atoms with Gasteiger partial charge in [0.15, 0.2) is 6.10 Å². The van der Waals surface area contributed by atoms with E-state index in [1.807, 2.05) is 33.8 Å². The molecule has 0 saturated heterocycles. The predicted octanol–water partition coefficient (Wildman–Crippen LogP) is 2.60. The number of para-hydroxylation sites is 2. The van der Waals surface area contributed by atoms with Gasteiger partial charge in [0.05, 0.1) is 18.3 Å². The van der Waals surface area contributed by atoms with Crippen molar-refractivity contribution in [1.29, 1.82) is 0 Å². The van der Waals surface area contributed by atoms with E-state index in [0.717, 1.165) is 12.8 Å². The lowest BCUT2D eigenvalue weighted by Gasteiger charge is -2.37. The number of fused-ring (bicyclic) bond motifs is 1. The summed E-state index contributed by atoms with van der Waals surface area (Å²) >= 11 is 0. The third kappa shape index (κ3) is 8.71. The van der Waals surface area contributed by atoms with Crippen LogP contribution in [0.4, 0.5) is 5.69 Å². The molecule has 208 valence electrons. The first-order chi connectivity index (χ1) is 17.4. The molecule has 0 spiro atoms. The standard InChI is InChI=1S/C28H46N4O5/c1-7-8-13-31-26(35)19(18(2)3)14-22(33)20(29)15-28(4,5)16-25(34)32-17-24(27(36)30-6)37-23-12-10-9-11-21(23)32/h9-12,18-20,22,24,33H,7-8,13-17,29H2,1-6H3,(H,30,36)(H,31,35)/t19-,20-,22-,24+/m0/s1. The predicted molar refractivity (Wildman–Crippen MR) is 145 cm³/mol. The number of ether oxygens (including phenoxy) is 1. The minimum Gasteiger partial charge on any atom is -0.477 e. The number of aliphatic hydroxyl groups is 1. The number of unbranched alkanes of at least 4 members (excludes halogenated alkanes) is 1. The molecule has 0 bridgehead atoms. The third-order valence-electron chi connectivity index (χ3n) is 6.99. The fourth-order valence-electron chi connectivity index (χ4n) is 4.76. The molecular formula is C28H46N4O5. The largest absolute Gasteiger partial charge is 0.477 e. The Bertz CT molecular complexity index is 920. The highest BCUT2D eigenvalue weighted by Crippen LogP contribution is 2.36. The third-order valence-corrected chi connectivity index (χ3v) is 6.99. The molecule has 9 nitrogen and oxygen atoms in total. The number of hydrogen-bond donors (Lipinski definition) is 4. The van der Waals surface area contributed by atoms with Crippen LogP contribution in [-0.2, 0) is 14.4 Å². The van der Waals surface area contributed by atoms with Crippen LogP contribution in [-0.4, -0.2) is 61.2 Å². The van der Waals surface area contributed by atoms with Crippen molar-refractivity contribution in [3.63, 3.8) is 0 Å². The number of benzene rings is 1. The number of anilines is 1. The second kappa shape index (κ2) is 13.8. The van der Waals surface area contributed by atoms with Gasteiger partial charge in [-0.1, -0.05) is 53.2 Å². The van der Waals surface area contributed by atoms with E-state index in [2.05, 4.69) is 17.6 Å². The van der Waals surface area contributed by atoms with Crippen molar-refractivity contribution in [1.82, 2.24) is 10.6 Å². The van der Waals surface area contributed by atoms with E-state index in [1.54, 1.807) is 23.1 Å². The Balaban J connectivity index is 2.04. The Morgan fingerprint density at radius 1 is 1.24 bits per heavy atom. The zero-order chi connectivity index (χ0) is 27.8. The maximum Gasteiger partial charge on any atom is 0.262 e. The monoisotopic (exact) mass is 518 g/mol. The number of aliphatic hydroxyl groups excluding tert-OH is 1. The molecular weight excluding hydrogens is 472 g/mol. The van der Waals surface area contributed by atoms with Gasteiger partial charge in [-0.2, -0.15) is 0 Å². The highest BCUT2D eigenvalue weighted by molar-refractivity contribution is 5.97. The van der Waals surface area contributed by atoms with Crippen LogP contribution < -0.4 is 26.0 Å². The molecule has 4 atom stereocenters. The molecule has 37 heavy (non-hydrogen) atoms. The fraction of sp³-hybridized carbons (Fsp3) is 0.679. The molecule has 0 aromatic heterocycles.